The van der Waals surface area contributed by atoms with E-state index in [9.17, 15) is 9.59 Å². The number of hydrogen-bond donors (Lipinski definition) is 1. The topological polar surface area (TPSA) is 72.1 Å². The highest BCUT2D eigenvalue weighted by Crippen LogP contribution is 2.21. The lowest BCUT2D eigenvalue weighted by Gasteiger charge is -2.04. The fourth-order valence-electron chi connectivity index (χ4n) is 2.47. The van der Waals surface area contributed by atoms with Crippen LogP contribution in [-0.2, 0) is 4.74 Å². The van der Waals surface area contributed by atoms with Crippen molar-refractivity contribution in [3.05, 3.63) is 75.3 Å². The van der Waals surface area contributed by atoms with E-state index in [-0.39, 0.29) is 11.4 Å². The number of rotatable bonds is 3. The van der Waals surface area contributed by atoms with Crippen molar-refractivity contribution in [2.24, 2.45) is 0 Å². The second-order valence-corrected chi connectivity index (χ2v) is 5.95. The first-order valence-electron chi connectivity index (χ1n) is 7.54. The van der Waals surface area contributed by atoms with Crippen molar-refractivity contribution >= 4 is 39.6 Å². The van der Waals surface area contributed by atoms with Gasteiger partial charge in [-0.25, -0.2) is 9.78 Å². The monoisotopic (exact) mass is 354 g/mol. The zero-order valence-electron chi connectivity index (χ0n) is 13.7. The van der Waals surface area contributed by atoms with Gasteiger partial charge in [0.25, 0.3) is 5.56 Å². The summed E-state index contributed by atoms with van der Waals surface area (Å²) < 4.78 is 4.69. The first kappa shape index (κ1) is 16.9. The van der Waals surface area contributed by atoms with Crippen LogP contribution in [-0.4, -0.2) is 23.0 Å². The van der Waals surface area contributed by atoms with E-state index in [4.69, 9.17) is 16.3 Å². The predicted molar refractivity (Wildman–Crippen MR) is 98.6 cm³/mol. The Hall–Kier alpha value is -2.92. The Balaban J connectivity index is 2.10. The van der Waals surface area contributed by atoms with Crippen LogP contribution in [0.15, 0.2) is 47.3 Å². The Kier molecular flexibility index (Phi) is 4.67. The number of ether oxygens (including phenoxy) is 1. The second-order valence-electron chi connectivity index (χ2n) is 5.54. The van der Waals surface area contributed by atoms with Crippen molar-refractivity contribution in [1.29, 1.82) is 0 Å². The van der Waals surface area contributed by atoms with Crippen molar-refractivity contribution in [3.8, 4) is 0 Å². The van der Waals surface area contributed by atoms with Gasteiger partial charge in [-0.05, 0) is 36.8 Å². The smallest absolute Gasteiger partial charge is 0.337 e. The Morgan fingerprint density at radius 3 is 2.76 bits per heavy atom. The molecule has 126 valence electrons. The number of carbonyl (C=O) groups is 1. The molecule has 0 radical (unpaired) electrons. The number of methoxy groups -OCH3 is 1. The maximum Gasteiger partial charge on any atom is 0.337 e. The number of halogens is 1. The van der Waals surface area contributed by atoms with E-state index in [2.05, 4.69) is 9.97 Å². The minimum atomic E-state index is -0.494. The first-order valence-corrected chi connectivity index (χ1v) is 7.92. The van der Waals surface area contributed by atoms with Crippen LogP contribution in [0.5, 0.6) is 0 Å². The van der Waals surface area contributed by atoms with Crippen molar-refractivity contribution < 1.29 is 9.53 Å². The molecule has 0 spiro atoms. The third-order valence-corrected chi connectivity index (χ3v) is 3.98. The molecule has 3 aromatic rings. The normalized spacial score (nSPS) is 11.6. The van der Waals surface area contributed by atoms with Crippen molar-refractivity contribution in [2.45, 2.75) is 6.92 Å². The third kappa shape index (κ3) is 3.61. The maximum atomic E-state index is 12.3. The van der Waals surface area contributed by atoms with Crippen molar-refractivity contribution in [1.82, 2.24) is 9.97 Å². The fraction of sp³-hybridized carbons (Fsp3) is 0.105. The number of H-pyrrole nitrogens is 1. The number of benzene rings is 2. The lowest BCUT2D eigenvalue weighted by molar-refractivity contribution is 0.0601. The van der Waals surface area contributed by atoms with Gasteiger partial charge in [0, 0.05) is 0 Å². The summed E-state index contributed by atoms with van der Waals surface area (Å²) in [7, 11) is 1.30. The number of fused-ring (bicyclic) bond motifs is 1. The molecule has 1 aromatic heterocycles. The molecule has 0 fully saturated rings. The summed E-state index contributed by atoms with van der Waals surface area (Å²) in [6, 6.07) is 12.3. The average Bonchev–Trinajstić information content (AvgIpc) is 2.60. The molecule has 0 atom stereocenters. The second kappa shape index (κ2) is 6.91. The van der Waals surface area contributed by atoms with Crippen LogP contribution in [0.4, 0.5) is 0 Å². The molecule has 1 N–H and O–H groups in total. The molecule has 0 amide bonds. The number of carbonyl (C=O) groups excluding carboxylic acids is 1. The summed E-state index contributed by atoms with van der Waals surface area (Å²) in [4.78, 5) is 31.0. The zero-order chi connectivity index (χ0) is 18.0. The van der Waals surface area contributed by atoms with E-state index in [1.807, 2.05) is 31.2 Å². The van der Waals surface area contributed by atoms with Gasteiger partial charge in [-0.3, -0.25) is 4.79 Å². The van der Waals surface area contributed by atoms with Gasteiger partial charge in [-0.2, -0.15) is 0 Å². The maximum absolute atomic E-state index is 12.3. The van der Waals surface area contributed by atoms with Crippen LogP contribution in [0.2, 0.25) is 0 Å². The summed E-state index contributed by atoms with van der Waals surface area (Å²) in [5.74, 6) is -0.255. The standard InChI is InChI=1S/C19H15ClN2O3/c1-11-4-3-5-12(8-11)9-15(20)17-21-16-10-13(19(24)25-2)6-7-14(16)18(23)22-17/h3-10H,1-2H3,(H,21,22,23)/b15-9-. The van der Waals surface area contributed by atoms with Crippen LogP contribution in [0.1, 0.15) is 27.3 Å². The van der Waals surface area contributed by atoms with Gasteiger partial charge in [0.05, 0.1) is 28.6 Å². The lowest BCUT2D eigenvalue weighted by atomic mass is 10.1. The number of aryl methyl sites for hydroxylation is 1. The third-order valence-electron chi connectivity index (χ3n) is 3.69. The number of esters is 1. The van der Waals surface area contributed by atoms with Gasteiger partial charge in [-0.1, -0.05) is 41.4 Å². The van der Waals surface area contributed by atoms with Crippen LogP contribution in [0.3, 0.4) is 0 Å². The largest absolute Gasteiger partial charge is 0.465 e. The van der Waals surface area contributed by atoms with Crippen LogP contribution >= 0.6 is 11.6 Å². The fourth-order valence-corrected chi connectivity index (χ4v) is 2.69. The molecule has 2 aromatic carbocycles. The highest BCUT2D eigenvalue weighted by molar-refractivity contribution is 6.50. The van der Waals surface area contributed by atoms with Gasteiger partial charge >= 0.3 is 5.97 Å². The molecular weight excluding hydrogens is 340 g/mol. The average molecular weight is 355 g/mol. The lowest BCUT2D eigenvalue weighted by Crippen LogP contribution is -2.11. The molecule has 0 bridgehead atoms. The van der Waals surface area contributed by atoms with Gasteiger partial charge in [0.15, 0.2) is 5.82 Å². The molecule has 0 saturated heterocycles. The first-order chi connectivity index (χ1) is 12.0. The molecule has 3 rings (SSSR count). The van der Waals surface area contributed by atoms with Gasteiger partial charge in [-0.15, -0.1) is 0 Å². The molecular formula is C19H15ClN2O3. The Morgan fingerprint density at radius 1 is 1.24 bits per heavy atom. The molecule has 0 aliphatic carbocycles. The molecule has 25 heavy (non-hydrogen) atoms. The Labute approximate surface area is 148 Å². The Morgan fingerprint density at radius 2 is 2.04 bits per heavy atom. The van der Waals surface area contributed by atoms with Crippen molar-refractivity contribution in [2.75, 3.05) is 7.11 Å². The summed E-state index contributed by atoms with van der Waals surface area (Å²) in [6.07, 6.45) is 1.73. The number of aromatic nitrogens is 2. The minimum Gasteiger partial charge on any atom is -0.465 e. The summed E-state index contributed by atoms with van der Waals surface area (Å²) in [5, 5.41) is 0.671. The highest BCUT2D eigenvalue weighted by Gasteiger charge is 2.11. The molecule has 0 aliphatic rings. The van der Waals surface area contributed by atoms with Gasteiger partial charge in [0.1, 0.15) is 0 Å². The summed E-state index contributed by atoms with van der Waals surface area (Å²) >= 11 is 6.33. The predicted octanol–water partition coefficient (Wildman–Crippen LogP) is 3.76. The summed E-state index contributed by atoms with van der Waals surface area (Å²) in [6.45, 7) is 1.98. The van der Waals surface area contributed by atoms with Crippen LogP contribution in [0, 0.1) is 6.92 Å². The van der Waals surface area contributed by atoms with E-state index in [0.717, 1.165) is 11.1 Å². The number of hydrogen-bond acceptors (Lipinski definition) is 4. The zero-order valence-corrected chi connectivity index (χ0v) is 14.4. The number of nitrogens with zero attached hydrogens (tertiary/aromatic N) is 1. The van der Waals surface area contributed by atoms with E-state index in [1.54, 1.807) is 6.08 Å². The van der Waals surface area contributed by atoms with E-state index in [1.165, 1.54) is 25.3 Å². The summed E-state index contributed by atoms with van der Waals surface area (Å²) in [5.41, 5.74) is 2.36. The van der Waals surface area contributed by atoms with Crippen LogP contribution in [0.25, 0.3) is 22.0 Å². The quantitative estimate of drug-likeness (QED) is 0.727. The van der Waals surface area contributed by atoms with Gasteiger partial charge in [0.2, 0.25) is 0 Å². The SMILES string of the molecule is COC(=O)c1ccc2c(=O)[nH]c(/C(Cl)=C/c3cccc(C)c3)nc2c1. The number of aromatic amines is 1. The molecule has 0 aliphatic heterocycles. The van der Waals surface area contributed by atoms with Crippen molar-refractivity contribution in [3.63, 3.8) is 0 Å². The number of nitrogens with one attached hydrogen (secondary N) is 1. The molecule has 6 heteroatoms. The van der Waals surface area contributed by atoms with Crippen LogP contribution < -0.4 is 5.56 Å². The molecule has 0 unspecified atom stereocenters. The Bertz CT molecular complexity index is 1050. The molecule has 5 nitrogen and oxygen atoms in total. The molecule has 0 saturated carbocycles. The van der Waals surface area contributed by atoms with E-state index < -0.39 is 5.97 Å². The highest BCUT2D eigenvalue weighted by atomic mass is 35.5. The van der Waals surface area contributed by atoms with E-state index >= 15 is 0 Å². The van der Waals surface area contributed by atoms with E-state index in [0.29, 0.717) is 21.5 Å². The molecule has 1 heterocycles. The minimum absolute atomic E-state index is 0.239. The van der Waals surface area contributed by atoms with Gasteiger partial charge < -0.3 is 9.72 Å².